The molecule has 106 valence electrons. The highest BCUT2D eigenvalue weighted by Gasteiger charge is 2.12. The summed E-state index contributed by atoms with van der Waals surface area (Å²) in [6, 6.07) is 1.36. The van der Waals surface area contributed by atoms with E-state index in [0.29, 0.717) is 25.4 Å². The smallest absolute Gasteiger partial charge is 0.371 e. The van der Waals surface area contributed by atoms with Gasteiger partial charge in [-0.25, -0.2) is 9.59 Å². The Hall–Kier alpha value is -2.02. The minimum atomic E-state index is -1.08. The van der Waals surface area contributed by atoms with Gasteiger partial charge in [0, 0.05) is 39.3 Å². The third-order valence-corrected chi connectivity index (χ3v) is 2.53. The van der Waals surface area contributed by atoms with E-state index in [1.54, 1.807) is 21.0 Å². The molecule has 0 bridgehead atoms. The van der Waals surface area contributed by atoms with Crippen molar-refractivity contribution < 1.29 is 19.1 Å². The molecular weight excluding hydrogens is 250 g/mol. The third-order valence-electron chi connectivity index (χ3n) is 2.53. The molecule has 1 heterocycles. The van der Waals surface area contributed by atoms with Crippen molar-refractivity contribution in [3.05, 3.63) is 23.2 Å². The first-order valence-corrected chi connectivity index (χ1v) is 5.90. The molecule has 0 saturated carbocycles. The molecule has 1 rings (SSSR count). The van der Waals surface area contributed by atoms with Crippen LogP contribution < -0.4 is 10.6 Å². The van der Waals surface area contributed by atoms with E-state index in [4.69, 9.17) is 9.52 Å². The highest BCUT2D eigenvalue weighted by atomic mass is 16.4. The Kier molecular flexibility index (Phi) is 5.37. The zero-order valence-electron chi connectivity index (χ0n) is 11.3. The largest absolute Gasteiger partial charge is 0.475 e. The number of hydrogen-bond donors (Lipinski definition) is 3. The normalized spacial score (nSPS) is 10.3. The van der Waals surface area contributed by atoms with E-state index in [1.165, 1.54) is 11.0 Å². The SMILES string of the molecule is Cc1oc(C(=O)O)cc1CNCCNC(=O)N(C)C. The third kappa shape index (κ3) is 4.63. The van der Waals surface area contributed by atoms with Crippen molar-refractivity contribution >= 4 is 12.0 Å². The van der Waals surface area contributed by atoms with E-state index in [-0.39, 0.29) is 11.8 Å². The van der Waals surface area contributed by atoms with Crippen molar-refractivity contribution in [2.75, 3.05) is 27.2 Å². The van der Waals surface area contributed by atoms with Gasteiger partial charge in [0.05, 0.1) is 0 Å². The number of amides is 2. The zero-order valence-corrected chi connectivity index (χ0v) is 11.3. The first kappa shape index (κ1) is 15.0. The van der Waals surface area contributed by atoms with Crippen molar-refractivity contribution in [2.24, 2.45) is 0 Å². The van der Waals surface area contributed by atoms with Crippen molar-refractivity contribution in [2.45, 2.75) is 13.5 Å². The first-order chi connectivity index (χ1) is 8.91. The average Bonchev–Trinajstić information content (AvgIpc) is 2.70. The standard InChI is InChI=1S/C12H19N3O4/c1-8-9(6-10(19-8)11(16)17)7-13-4-5-14-12(18)15(2)3/h6,13H,4-5,7H2,1-3H3,(H,14,18)(H,16,17). The maximum atomic E-state index is 11.2. The van der Waals surface area contributed by atoms with Gasteiger partial charge in [0.1, 0.15) is 5.76 Å². The van der Waals surface area contributed by atoms with E-state index in [9.17, 15) is 9.59 Å². The summed E-state index contributed by atoms with van der Waals surface area (Å²) in [7, 11) is 3.34. The number of carboxylic acids is 1. The van der Waals surface area contributed by atoms with Crippen LogP contribution in [-0.2, 0) is 6.54 Å². The lowest BCUT2D eigenvalue weighted by Crippen LogP contribution is -2.38. The predicted octanol–water partition coefficient (Wildman–Crippen LogP) is 0.647. The van der Waals surface area contributed by atoms with E-state index in [1.807, 2.05) is 0 Å². The molecule has 0 radical (unpaired) electrons. The molecule has 0 aliphatic carbocycles. The molecule has 1 aromatic heterocycles. The van der Waals surface area contributed by atoms with Crippen LogP contribution in [0.5, 0.6) is 0 Å². The fourth-order valence-electron chi connectivity index (χ4n) is 1.44. The van der Waals surface area contributed by atoms with Gasteiger partial charge in [0.25, 0.3) is 0 Å². The predicted molar refractivity (Wildman–Crippen MR) is 69.2 cm³/mol. The molecule has 0 unspecified atom stereocenters. The van der Waals surface area contributed by atoms with Gasteiger partial charge < -0.3 is 25.1 Å². The van der Waals surface area contributed by atoms with Gasteiger partial charge in [-0.1, -0.05) is 0 Å². The summed E-state index contributed by atoms with van der Waals surface area (Å²) in [5, 5.41) is 14.6. The van der Waals surface area contributed by atoms with Crippen LogP contribution in [0.25, 0.3) is 0 Å². The Morgan fingerprint density at radius 1 is 1.37 bits per heavy atom. The maximum absolute atomic E-state index is 11.2. The number of hydrogen-bond acceptors (Lipinski definition) is 4. The molecule has 19 heavy (non-hydrogen) atoms. The van der Waals surface area contributed by atoms with Crippen molar-refractivity contribution in [1.29, 1.82) is 0 Å². The van der Waals surface area contributed by atoms with Crippen LogP contribution in [0.4, 0.5) is 4.79 Å². The minimum Gasteiger partial charge on any atom is -0.475 e. The Bertz CT molecular complexity index is 454. The summed E-state index contributed by atoms with van der Waals surface area (Å²) in [5.41, 5.74) is 0.802. The van der Waals surface area contributed by atoms with Crippen LogP contribution in [-0.4, -0.2) is 49.2 Å². The van der Waals surface area contributed by atoms with Crippen molar-refractivity contribution in [3.63, 3.8) is 0 Å². The summed E-state index contributed by atoms with van der Waals surface area (Å²) in [6.07, 6.45) is 0. The van der Waals surface area contributed by atoms with Crippen LogP contribution in [0.15, 0.2) is 10.5 Å². The second kappa shape index (κ2) is 6.79. The Labute approximate surface area is 111 Å². The number of rotatable bonds is 6. The number of nitrogens with one attached hydrogen (secondary N) is 2. The molecule has 0 aromatic carbocycles. The summed E-state index contributed by atoms with van der Waals surface area (Å²) in [6.45, 7) is 3.31. The summed E-state index contributed by atoms with van der Waals surface area (Å²) >= 11 is 0. The molecule has 3 N–H and O–H groups in total. The molecule has 0 atom stereocenters. The summed E-state index contributed by atoms with van der Waals surface area (Å²) < 4.78 is 5.09. The van der Waals surface area contributed by atoms with Gasteiger partial charge in [0.15, 0.2) is 0 Å². The van der Waals surface area contributed by atoms with Crippen LogP contribution in [0.3, 0.4) is 0 Å². The molecule has 1 aromatic rings. The van der Waals surface area contributed by atoms with E-state index < -0.39 is 5.97 Å². The number of aryl methyl sites for hydroxylation is 1. The van der Waals surface area contributed by atoms with Crippen LogP contribution in [0.2, 0.25) is 0 Å². The van der Waals surface area contributed by atoms with Crippen LogP contribution >= 0.6 is 0 Å². The average molecular weight is 269 g/mol. The summed E-state index contributed by atoms with van der Waals surface area (Å²) in [5.74, 6) is -0.551. The lowest BCUT2D eigenvalue weighted by Gasteiger charge is -2.12. The van der Waals surface area contributed by atoms with Crippen LogP contribution in [0, 0.1) is 6.92 Å². The van der Waals surface area contributed by atoms with Gasteiger partial charge in [-0.2, -0.15) is 0 Å². The molecule has 7 heteroatoms. The van der Waals surface area contributed by atoms with Gasteiger partial charge in [-0.3, -0.25) is 0 Å². The van der Waals surface area contributed by atoms with E-state index in [0.717, 1.165) is 5.56 Å². The lowest BCUT2D eigenvalue weighted by molar-refractivity contribution is 0.0661. The number of nitrogens with zero attached hydrogens (tertiary/aromatic N) is 1. The molecule has 0 aliphatic heterocycles. The maximum Gasteiger partial charge on any atom is 0.371 e. The Morgan fingerprint density at radius 2 is 2.05 bits per heavy atom. The molecule has 0 fully saturated rings. The number of carbonyl (C=O) groups excluding carboxylic acids is 1. The second-order valence-corrected chi connectivity index (χ2v) is 4.30. The number of carboxylic acid groups (broad SMARTS) is 1. The van der Waals surface area contributed by atoms with Gasteiger partial charge in [0.2, 0.25) is 5.76 Å². The molecule has 2 amide bonds. The van der Waals surface area contributed by atoms with Crippen molar-refractivity contribution in [3.8, 4) is 0 Å². The Balaban J connectivity index is 2.30. The highest BCUT2D eigenvalue weighted by molar-refractivity contribution is 5.84. The highest BCUT2D eigenvalue weighted by Crippen LogP contribution is 2.14. The number of urea groups is 1. The number of aromatic carboxylic acids is 1. The fraction of sp³-hybridized carbons (Fsp3) is 0.500. The quantitative estimate of drug-likeness (QED) is 0.659. The van der Waals surface area contributed by atoms with Crippen LogP contribution in [0.1, 0.15) is 21.9 Å². The molecule has 0 saturated heterocycles. The second-order valence-electron chi connectivity index (χ2n) is 4.30. The van der Waals surface area contributed by atoms with E-state index >= 15 is 0 Å². The van der Waals surface area contributed by atoms with Gasteiger partial charge >= 0.3 is 12.0 Å². The van der Waals surface area contributed by atoms with E-state index in [2.05, 4.69) is 10.6 Å². The van der Waals surface area contributed by atoms with Gasteiger partial charge in [-0.05, 0) is 13.0 Å². The molecular formula is C12H19N3O4. The summed E-state index contributed by atoms with van der Waals surface area (Å²) in [4.78, 5) is 23.4. The number of furan rings is 1. The zero-order chi connectivity index (χ0) is 14.4. The van der Waals surface area contributed by atoms with Crippen molar-refractivity contribution in [1.82, 2.24) is 15.5 Å². The molecule has 7 nitrogen and oxygen atoms in total. The minimum absolute atomic E-state index is 0.0600. The Morgan fingerprint density at radius 3 is 2.58 bits per heavy atom. The first-order valence-electron chi connectivity index (χ1n) is 5.90. The molecule has 0 aliphatic rings. The monoisotopic (exact) mass is 269 g/mol. The lowest BCUT2D eigenvalue weighted by atomic mass is 10.2. The topological polar surface area (TPSA) is 94.8 Å². The molecule has 0 spiro atoms. The number of carbonyl (C=O) groups is 2. The van der Waals surface area contributed by atoms with Gasteiger partial charge in [-0.15, -0.1) is 0 Å². The fourth-order valence-corrected chi connectivity index (χ4v) is 1.44.